The van der Waals surface area contributed by atoms with Crippen molar-refractivity contribution in [3.63, 3.8) is 0 Å². The molecular weight excluding hydrogens is 218 g/mol. The fraction of sp³-hybridized carbons (Fsp3) is 1.00. The third-order valence-corrected chi connectivity index (χ3v) is 5.56. The first-order chi connectivity index (χ1) is 7.23. The van der Waals surface area contributed by atoms with Gasteiger partial charge in [-0.3, -0.25) is 4.21 Å². The van der Waals surface area contributed by atoms with Gasteiger partial charge in [0, 0.05) is 33.9 Å². The molecule has 0 aromatic rings. The zero-order valence-electron chi connectivity index (χ0n) is 11.4. The third kappa shape index (κ3) is 3.85. The van der Waals surface area contributed by atoms with Crippen molar-refractivity contribution in [2.45, 2.75) is 64.7 Å². The predicted octanol–water partition coefficient (Wildman–Crippen LogP) is 2.70. The van der Waals surface area contributed by atoms with Crippen LogP contribution in [0.3, 0.4) is 0 Å². The topological polar surface area (TPSA) is 29.1 Å². The maximum atomic E-state index is 11.9. The second-order valence-corrected chi connectivity index (χ2v) is 8.87. The van der Waals surface area contributed by atoms with Gasteiger partial charge in [-0.1, -0.05) is 20.3 Å². The van der Waals surface area contributed by atoms with E-state index < -0.39 is 10.8 Å². The van der Waals surface area contributed by atoms with Crippen LogP contribution in [-0.2, 0) is 10.8 Å². The molecule has 1 aliphatic carbocycles. The molecule has 0 radical (unpaired) electrons. The Labute approximate surface area is 103 Å². The van der Waals surface area contributed by atoms with Crippen molar-refractivity contribution in [3.8, 4) is 0 Å². The molecule has 3 heteroatoms. The first kappa shape index (κ1) is 14.2. The van der Waals surface area contributed by atoms with E-state index in [4.69, 9.17) is 0 Å². The van der Waals surface area contributed by atoms with Crippen LogP contribution in [0, 0.1) is 5.41 Å². The smallest absolute Gasteiger partial charge is 0.0375 e. The Hall–Kier alpha value is 0.110. The molecule has 2 atom stereocenters. The van der Waals surface area contributed by atoms with Crippen molar-refractivity contribution in [2.24, 2.45) is 5.41 Å². The summed E-state index contributed by atoms with van der Waals surface area (Å²) in [7, 11) is -0.725. The van der Waals surface area contributed by atoms with Crippen molar-refractivity contribution in [1.29, 1.82) is 0 Å². The van der Waals surface area contributed by atoms with E-state index in [-0.39, 0.29) is 4.75 Å². The van der Waals surface area contributed by atoms with Crippen LogP contribution in [0.4, 0.5) is 0 Å². The molecular formula is C13H27NOS. The maximum Gasteiger partial charge on any atom is 0.0375 e. The zero-order valence-corrected chi connectivity index (χ0v) is 12.2. The molecule has 2 nitrogen and oxygen atoms in total. The molecule has 96 valence electrons. The van der Waals surface area contributed by atoms with E-state index in [9.17, 15) is 4.21 Å². The molecule has 0 spiro atoms. The summed E-state index contributed by atoms with van der Waals surface area (Å²) in [5, 5.41) is 3.58. The Bertz CT molecular complexity index is 255. The molecule has 1 N–H and O–H groups in total. The highest BCUT2D eigenvalue weighted by Crippen LogP contribution is 2.36. The molecule has 0 saturated heterocycles. The van der Waals surface area contributed by atoms with Crippen molar-refractivity contribution < 1.29 is 4.21 Å². The quantitative estimate of drug-likeness (QED) is 0.825. The highest BCUT2D eigenvalue weighted by molar-refractivity contribution is 7.86. The molecule has 2 unspecified atom stereocenters. The normalized spacial score (nSPS) is 26.9. The summed E-state index contributed by atoms with van der Waals surface area (Å²) in [6.45, 7) is 11.7. The van der Waals surface area contributed by atoms with Crippen LogP contribution >= 0.6 is 0 Å². The third-order valence-electron chi connectivity index (χ3n) is 3.62. The average molecular weight is 245 g/mol. The Morgan fingerprint density at radius 2 is 2.00 bits per heavy atom. The molecule has 0 aromatic carbocycles. The van der Waals surface area contributed by atoms with Gasteiger partial charge >= 0.3 is 0 Å². The highest BCUT2D eigenvalue weighted by Gasteiger charge is 2.33. The summed E-state index contributed by atoms with van der Waals surface area (Å²) in [6, 6.07) is 0.615. The summed E-state index contributed by atoms with van der Waals surface area (Å²) in [5.74, 6) is 0.774. The Morgan fingerprint density at radius 3 is 2.44 bits per heavy atom. The second-order valence-electron chi connectivity index (χ2n) is 6.55. The fourth-order valence-electron chi connectivity index (χ4n) is 2.34. The number of rotatable bonds is 4. The molecule has 0 aliphatic heterocycles. The van der Waals surface area contributed by atoms with Crippen molar-refractivity contribution in [1.82, 2.24) is 5.32 Å². The molecule has 0 bridgehead atoms. The lowest BCUT2D eigenvalue weighted by atomic mass is 9.87. The van der Waals surface area contributed by atoms with E-state index in [1.54, 1.807) is 0 Å². The van der Waals surface area contributed by atoms with E-state index in [1.807, 2.05) is 20.8 Å². The van der Waals surface area contributed by atoms with Crippen LogP contribution in [-0.4, -0.2) is 27.3 Å². The second kappa shape index (κ2) is 5.18. The van der Waals surface area contributed by atoms with Crippen LogP contribution in [0.15, 0.2) is 0 Å². The van der Waals surface area contributed by atoms with E-state index >= 15 is 0 Å². The fourth-order valence-corrected chi connectivity index (χ4v) is 3.25. The van der Waals surface area contributed by atoms with Gasteiger partial charge in [-0.25, -0.2) is 0 Å². The van der Waals surface area contributed by atoms with Crippen molar-refractivity contribution >= 4 is 10.8 Å². The van der Waals surface area contributed by atoms with Crippen LogP contribution in [0.2, 0.25) is 0 Å². The lowest BCUT2D eigenvalue weighted by molar-refractivity contribution is 0.288. The minimum absolute atomic E-state index is 0.0765. The average Bonchev–Trinajstić information content (AvgIpc) is 2.44. The minimum Gasteiger partial charge on any atom is -0.313 e. The van der Waals surface area contributed by atoms with E-state index in [1.165, 1.54) is 19.3 Å². The maximum absolute atomic E-state index is 11.9. The van der Waals surface area contributed by atoms with Gasteiger partial charge in [0.1, 0.15) is 0 Å². The summed E-state index contributed by atoms with van der Waals surface area (Å²) < 4.78 is 11.8. The largest absolute Gasteiger partial charge is 0.313 e. The van der Waals surface area contributed by atoms with Crippen LogP contribution in [0.5, 0.6) is 0 Å². The number of hydrogen-bond acceptors (Lipinski definition) is 2. The molecule has 16 heavy (non-hydrogen) atoms. The lowest BCUT2D eigenvalue weighted by Crippen LogP contribution is -2.40. The Morgan fingerprint density at radius 1 is 1.38 bits per heavy atom. The van der Waals surface area contributed by atoms with E-state index in [0.717, 1.165) is 12.3 Å². The zero-order chi connectivity index (χ0) is 12.4. The number of nitrogens with one attached hydrogen (secondary N) is 1. The van der Waals surface area contributed by atoms with Gasteiger partial charge in [0.15, 0.2) is 0 Å². The van der Waals surface area contributed by atoms with Crippen LogP contribution in [0.1, 0.15) is 53.9 Å². The molecule has 1 fully saturated rings. The molecule has 1 aliphatic rings. The van der Waals surface area contributed by atoms with E-state index in [0.29, 0.717) is 11.5 Å². The molecule has 0 amide bonds. The van der Waals surface area contributed by atoms with Crippen molar-refractivity contribution in [3.05, 3.63) is 0 Å². The summed E-state index contributed by atoms with van der Waals surface area (Å²) in [4.78, 5) is 0. The van der Waals surface area contributed by atoms with Crippen molar-refractivity contribution in [2.75, 3.05) is 12.3 Å². The molecule has 0 heterocycles. The van der Waals surface area contributed by atoms with Gasteiger partial charge in [0.2, 0.25) is 0 Å². The van der Waals surface area contributed by atoms with E-state index in [2.05, 4.69) is 19.2 Å². The van der Waals surface area contributed by atoms with Gasteiger partial charge in [-0.05, 0) is 39.0 Å². The number of hydrogen-bond donors (Lipinski definition) is 1. The van der Waals surface area contributed by atoms with Gasteiger partial charge in [0.05, 0.1) is 0 Å². The minimum atomic E-state index is -0.725. The standard InChI is InChI=1S/C13H27NOS/c1-12(2,3)16(15)10-9-14-11-7-6-8-13(11,4)5/h11,14H,6-10H2,1-5H3. The van der Waals surface area contributed by atoms with Gasteiger partial charge < -0.3 is 5.32 Å². The first-order valence-electron chi connectivity index (χ1n) is 6.35. The Kier molecular flexibility index (Phi) is 4.58. The molecule has 1 saturated carbocycles. The molecule has 0 aromatic heterocycles. The molecule has 1 rings (SSSR count). The predicted molar refractivity (Wildman–Crippen MR) is 72.2 cm³/mol. The summed E-state index contributed by atoms with van der Waals surface area (Å²) in [6.07, 6.45) is 3.91. The summed E-state index contributed by atoms with van der Waals surface area (Å²) in [5.41, 5.74) is 0.420. The lowest BCUT2D eigenvalue weighted by Gasteiger charge is -2.28. The van der Waals surface area contributed by atoms with Gasteiger partial charge in [0.25, 0.3) is 0 Å². The van der Waals surface area contributed by atoms with Gasteiger partial charge in [-0.15, -0.1) is 0 Å². The first-order valence-corrected chi connectivity index (χ1v) is 7.67. The van der Waals surface area contributed by atoms with Gasteiger partial charge in [-0.2, -0.15) is 0 Å². The highest BCUT2D eigenvalue weighted by atomic mass is 32.2. The van der Waals surface area contributed by atoms with Crippen LogP contribution < -0.4 is 5.32 Å². The summed E-state index contributed by atoms with van der Waals surface area (Å²) >= 11 is 0. The Balaban J connectivity index is 2.29. The SMILES string of the molecule is CC1(C)CCCC1NCCS(=O)C(C)(C)C. The van der Waals surface area contributed by atoms with Crippen LogP contribution in [0.25, 0.3) is 0 Å². The monoisotopic (exact) mass is 245 g/mol.